The van der Waals surface area contributed by atoms with E-state index in [4.69, 9.17) is 11.3 Å². The van der Waals surface area contributed by atoms with Gasteiger partial charge in [0.2, 0.25) is 0 Å². The second-order valence-corrected chi connectivity index (χ2v) is 9.15. The average Bonchev–Trinajstić information content (AvgIpc) is 2.87. The molecule has 1 atom stereocenters. The molecule has 0 saturated heterocycles. The number of anilines is 3. The zero-order valence-electron chi connectivity index (χ0n) is 20.4. The Morgan fingerprint density at radius 1 is 0.917 bits per heavy atom. The van der Waals surface area contributed by atoms with E-state index in [1.54, 1.807) is 18.6 Å². The molecule has 0 aliphatic heterocycles. The molecule has 4 rings (SSSR count). The normalized spacial score (nSPS) is 11.7. The van der Waals surface area contributed by atoms with Crippen molar-refractivity contribution in [3.05, 3.63) is 120 Å². The molecular weight excluding hydrogens is 450 g/mol. The minimum absolute atomic E-state index is 0.278. The van der Waals surface area contributed by atoms with Gasteiger partial charge in [-0.3, -0.25) is 15.3 Å². The Kier molecular flexibility index (Phi) is 7.26. The third-order valence-electron chi connectivity index (χ3n) is 5.29. The van der Waals surface area contributed by atoms with E-state index in [0.717, 1.165) is 22.5 Å². The number of carbonyl (C=O) groups is 1. The van der Waals surface area contributed by atoms with E-state index in [1.807, 2.05) is 99.8 Å². The molecule has 0 radical (unpaired) electrons. The summed E-state index contributed by atoms with van der Waals surface area (Å²) in [6, 6.07) is 22.6. The molecule has 0 aliphatic carbocycles. The molecule has 1 N–H and O–H groups in total. The van der Waals surface area contributed by atoms with Crippen LogP contribution >= 0.6 is 0 Å². The van der Waals surface area contributed by atoms with Gasteiger partial charge in [-0.2, -0.15) is 0 Å². The van der Waals surface area contributed by atoms with Gasteiger partial charge in [0.25, 0.3) is 0 Å². The molecule has 36 heavy (non-hydrogen) atoms. The number of hydrogen-bond donors (Lipinski definition) is 1. The van der Waals surface area contributed by atoms with Gasteiger partial charge in [-0.25, -0.2) is 9.64 Å². The molecule has 2 heterocycles. The van der Waals surface area contributed by atoms with Crippen LogP contribution in [0.25, 0.3) is 4.85 Å². The fourth-order valence-electron chi connectivity index (χ4n) is 3.86. The van der Waals surface area contributed by atoms with Gasteiger partial charge in [0.1, 0.15) is 5.60 Å². The molecule has 1 amide bonds. The number of amides is 1. The predicted molar refractivity (Wildman–Crippen MR) is 141 cm³/mol. The van der Waals surface area contributed by atoms with E-state index in [0.29, 0.717) is 11.4 Å². The lowest BCUT2D eigenvalue weighted by Gasteiger charge is -2.34. The first-order chi connectivity index (χ1) is 17.3. The maximum absolute atomic E-state index is 12.4. The maximum Gasteiger partial charge on any atom is 0.412 e. The van der Waals surface area contributed by atoms with Gasteiger partial charge in [-0.05, 0) is 68.3 Å². The van der Waals surface area contributed by atoms with Crippen molar-refractivity contribution in [2.75, 3.05) is 10.2 Å². The van der Waals surface area contributed by atoms with Crippen molar-refractivity contribution in [1.82, 2.24) is 9.97 Å². The molecule has 4 aromatic rings. The van der Waals surface area contributed by atoms with E-state index < -0.39 is 11.7 Å². The summed E-state index contributed by atoms with van der Waals surface area (Å²) in [5.41, 5.74) is 4.19. The van der Waals surface area contributed by atoms with Gasteiger partial charge in [-0.1, -0.05) is 36.4 Å². The Balaban J connectivity index is 1.82. The summed E-state index contributed by atoms with van der Waals surface area (Å²) in [7, 11) is 0. The molecule has 7 nitrogen and oxygen atoms in total. The highest BCUT2D eigenvalue weighted by Crippen LogP contribution is 2.40. The zero-order valence-corrected chi connectivity index (χ0v) is 20.4. The summed E-state index contributed by atoms with van der Waals surface area (Å²) in [6.45, 7) is 12.8. The third kappa shape index (κ3) is 6.05. The number of carbonyl (C=O) groups excluding carboxylic acids is 1. The Morgan fingerprint density at radius 2 is 1.61 bits per heavy atom. The molecule has 0 aliphatic rings. The molecule has 0 spiro atoms. The van der Waals surface area contributed by atoms with E-state index in [9.17, 15) is 4.79 Å². The van der Waals surface area contributed by atoms with Crippen LogP contribution in [-0.4, -0.2) is 21.7 Å². The van der Waals surface area contributed by atoms with Crippen LogP contribution in [0, 0.1) is 6.57 Å². The first-order valence-electron chi connectivity index (χ1n) is 11.5. The fraction of sp³-hybridized carbons (Fsp3) is 0.172. The van der Waals surface area contributed by atoms with Crippen LogP contribution in [0.15, 0.2) is 97.6 Å². The van der Waals surface area contributed by atoms with Gasteiger partial charge < -0.3 is 9.64 Å². The molecule has 0 saturated carbocycles. The van der Waals surface area contributed by atoms with Crippen LogP contribution < -0.4 is 10.2 Å². The molecule has 7 heteroatoms. The highest BCUT2D eigenvalue weighted by Gasteiger charge is 2.26. The molecular formula is C29H27N5O2. The number of hydrogen-bond acceptors (Lipinski definition) is 5. The monoisotopic (exact) mass is 477 g/mol. The Labute approximate surface area is 211 Å². The highest BCUT2D eigenvalue weighted by molar-refractivity contribution is 5.86. The van der Waals surface area contributed by atoms with Crippen LogP contribution in [0.2, 0.25) is 0 Å². The average molecular weight is 478 g/mol. The molecule has 0 fully saturated rings. The summed E-state index contributed by atoms with van der Waals surface area (Å²) in [5, 5.41) is 2.83. The van der Waals surface area contributed by atoms with Crippen molar-refractivity contribution >= 4 is 28.8 Å². The minimum atomic E-state index is -0.605. The third-order valence-corrected chi connectivity index (χ3v) is 5.29. The molecule has 1 unspecified atom stereocenters. The standard InChI is InChI=1S/C29H27N5O2/c1-29(2,3)36-28(35)33-24-9-5-10-25(18-24)34(26-11-7-17-32-20-26)27(22-8-6-16-31-19-22)21-12-14-23(30-4)15-13-21/h5-20,27H,1-3H3,(H,33,35). The van der Waals surface area contributed by atoms with Gasteiger partial charge >= 0.3 is 6.09 Å². The SMILES string of the molecule is [C-]#[N+]c1ccc(C(c2cccnc2)N(c2cccnc2)c2cccc(NC(=O)OC(C)(C)C)c2)cc1. The number of benzene rings is 2. The second-order valence-electron chi connectivity index (χ2n) is 9.15. The summed E-state index contributed by atoms with van der Waals surface area (Å²) in [4.78, 5) is 26.8. The van der Waals surface area contributed by atoms with Gasteiger partial charge in [0, 0.05) is 30.0 Å². The molecule has 0 bridgehead atoms. The van der Waals surface area contributed by atoms with E-state index in [2.05, 4.69) is 25.0 Å². The quantitative estimate of drug-likeness (QED) is 0.295. The van der Waals surface area contributed by atoms with Crippen LogP contribution in [-0.2, 0) is 4.74 Å². The number of nitrogens with one attached hydrogen (secondary N) is 1. The molecule has 2 aromatic heterocycles. The smallest absolute Gasteiger partial charge is 0.412 e. The van der Waals surface area contributed by atoms with Crippen molar-refractivity contribution in [1.29, 1.82) is 0 Å². The van der Waals surface area contributed by atoms with E-state index >= 15 is 0 Å². The number of nitrogens with zero attached hydrogens (tertiary/aromatic N) is 4. The lowest BCUT2D eigenvalue weighted by atomic mass is 9.96. The minimum Gasteiger partial charge on any atom is -0.444 e. The maximum atomic E-state index is 12.4. The summed E-state index contributed by atoms with van der Waals surface area (Å²) >= 11 is 0. The highest BCUT2D eigenvalue weighted by atomic mass is 16.6. The van der Waals surface area contributed by atoms with Crippen LogP contribution in [0.4, 0.5) is 27.5 Å². The van der Waals surface area contributed by atoms with Gasteiger partial charge in [-0.15, -0.1) is 0 Å². The Bertz CT molecular complexity index is 1340. The van der Waals surface area contributed by atoms with E-state index in [1.165, 1.54) is 0 Å². The van der Waals surface area contributed by atoms with Crippen molar-refractivity contribution < 1.29 is 9.53 Å². The van der Waals surface area contributed by atoms with Crippen LogP contribution in [0.3, 0.4) is 0 Å². The fourth-order valence-corrected chi connectivity index (χ4v) is 3.86. The van der Waals surface area contributed by atoms with Gasteiger partial charge in [0.05, 0.1) is 24.5 Å². The molecule has 180 valence electrons. The Morgan fingerprint density at radius 3 is 2.22 bits per heavy atom. The predicted octanol–water partition coefficient (Wildman–Crippen LogP) is 7.30. The first kappa shape index (κ1) is 24.4. The van der Waals surface area contributed by atoms with E-state index in [-0.39, 0.29) is 6.04 Å². The van der Waals surface area contributed by atoms with Crippen molar-refractivity contribution in [2.45, 2.75) is 32.4 Å². The van der Waals surface area contributed by atoms with Crippen LogP contribution in [0.1, 0.15) is 37.9 Å². The topological polar surface area (TPSA) is 71.7 Å². The van der Waals surface area contributed by atoms with Crippen molar-refractivity contribution in [3.8, 4) is 0 Å². The lowest BCUT2D eigenvalue weighted by Crippen LogP contribution is -2.27. The number of rotatable bonds is 6. The number of pyridine rings is 2. The molecule has 2 aromatic carbocycles. The van der Waals surface area contributed by atoms with Crippen molar-refractivity contribution in [2.24, 2.45) is 0 Å². The summed E-state index contributed by atoms with van der Waals surface area (Å²) in [5.74, 6) is 0. The number of ether oxygens (including phenoxy) is 1. The number of aromatic nitrogens is 2. The first-order valence-corrected chi connectivity index (χ1v) is 11.5. The zero-order chi connectivity index (χ0) is 25.5. The largest absolute Gasteiger partial charge is 0.444 e. The summed E-state index contributed by atoms with van der Waals surface area (Å²) < 4.78 is 5.43. The summed E-state index contributed by atoms with van der Waals surface area (Å²) in [6.07, 6.45) is 6.57. The van der Waals surface area contributed by atoms with Crippen molar-refractivity contribution in [3.63, 3.8) is 0 Å². The van der Waals surface area contributed by atoms with Gasteiger partial charge in [0.15, 0.2) is 5.69 Å². The van der Waals surface area contributed by atoms with Crippen LogP contribution in [0.5, 0.6) is 0 Å². The Hall–Kier alpha value is -4.70. The lowest BCUT2D eigenvalue weighted by molar-refractivity contribution is 0.0636. The second kappa shape index (κ2) is 10.7.